The fraction of sp³-hybridized carbons (Fsp3) is 0.846. The number of Topliss-reactive ketones (excluding diaryl/α,β-unsaturated/α-hetero) is 1. The molecule has 2 fully saturated rings. The maximum atomic E-state index is 11.6. The van der Waals surface area contributed by atoms with E-state index in [0.29, 0.717) is 5.92 Å². The first-order valence-corrected chi connectivity index (χ1v) is 6.34. The molecule has 0 amide bonds. The number of fused-ring (bicyclic) bond motifs is 1. The van der Waals surface area contributed by atoms with Crippen molar-refractivity contribution in [2.75, 3.05) is 0 Å². The monoisotopic (exact) mass is 224 g/mol. The van der Waals surface area contributed by atoms with Crippen molar-refractivity contribution >= 4 is 11.8 Å². The first-order chi connectivity index (χ1) is 7.61. The lowest BCUT2D eigenvalue weighted by Crippen LogP contribution is -2.41. The lowest BCUT2D eigenvalue weighted by molar-refractivity contribution is -0.149. The molecule has 0 aromatic rings. The molecule has 0 aromatic heterocycles. The van der Waals surface area contributed by atoms with Gasteiger partial charge in [-0.1, -0.05) is 12.8 Å². The second-order valence-corrected chi connectivity index (χ2v) is 5.35. The van der Waals surface area contributed by atoms with Gasteiger partial charge in [-0.25, -0.2) is 0 Å². The Kier molecular flexibility index (Phi) is 3.31. The summed E-state index contributed by atoms with van der Waals surface area (Å²) in [6.07, 6.45) is 5.84. The third kappa shape index (κ3) is 2.00. The summed E-state index contributed by atoms with van der Waals surface area (Å²) in [6.45, 7) is 1.66. The maximum absolute atomic E-state index is 11.6. The molecule has 3 heteroatoms. The maximum Gasteiger partial charge on any atom is 0.306 e. The average molecular weight is 224 g/mol. The summed E-state index contributed by atoms with van der Waals surface area (Å²) < 4.78 is 0. The van der Waals surface area contributed by atoms with Crippen molar-refractivity contribution in [3.63, 3.8) is 0 Å². The summed E-state index contributed by atoms with van der Waals surface area (Å²) in [4.78, 5) is 22.8. The van der Waals surface area contributed by atoms with Gasteiger partial charge in [-0.05, 0) is 44.4 Å². The Morgan fingerprint density at radius 2 is 1.44 bits per heavy atom. The molecule has 0 spiro atoms. The number of ketones is 1. The quantitative estimate of drug-likeness (QED) is 0.784. The lowest BCUT2D eigenvalue weighted by Gasteiger charge is -2.43. The van der Waals surface area contributed by atoms with Gasteiger partial charge in [-0.3, -0.25) is 9.59 Å². The fourth-order valence-electron chi connectivity index (χ4n) is 3.81. The zero-order valence-corrected chi connectivity index (χ0v) is 9.82. The molecule has 0 heterocycles. The van der Waals surface area contributed by atoms with Crippen LogP contribution in [0.25, 0.3) is 0 Å². The van der Waals surface area contributed by atoms with Crippen LogP contribution in [0.2, 0.25) is 0 Å². The number of hydrogen-bond acceptors (Lipinski definition) is 2. The minimum atomic E-state index is -0.654. The van der Waals surface area contributed by atoms with E-state index in [-0.39, 0.29) is 23.5 Å². The average Bonchev–Trinajstić information content (AvgIpc) is 2.27. The van der Waals surface area contributed by atoms with Crippen molar-refractivity contribution in [3.05, 3.63) is 0 Å². The molecular formula is C13H20O3. The summed E-state index contributed by atoms with van der Waals surface area (Å²) >= 11 is 0. The van der Waals surface area contributed by atoms with Crippen LogP contribution in [0.5, 0.6) is 0 Å². The van der Waals surface area contributed by atoms with Crippen molar-refractivity contribution in [1.29, 1.82) is 0 Å². The summed E-state index contributed by atoms with van der Waals surface area (Å²) in [7, 11) is 0. The van der Waals surface area contributed by atoms with Gasteiger partial charge in [0.05, 0.1) is 5.92 Å². The zero-order valence-electron chi connectivity index (χ0n) is 9.82. The topological polar surface area (TPSA) is 54.4 Å². The molecule has 2 aliphatic rings. The summed E-state index contributed by atoms with van der Waals surface area (Å²) in [5.41, 5.74) is 0. The molecule has 16 heavy (non-hydrogen) atoms. The van der Waals surface area contributed by atoms with Gasteiger partial charge in [0.25, 0.3) is 0 Å². The number of carbonyl (C=O) groups excluding carboxylic acids is 1. The van der Waals surface area contributed by atoms with Crippen LogP contribution in [0, 0.1) is 23.7 Å². The number of carbonyl (C=O) groups is 2. The van der Waals surface area contributed by atoms with Gasteiger partial charge in [0.2, 0.25) is 0 Å². The summed E-state index contributed by atoms with van der Waals surface area (Å²) in [5, 5.41) is 9.22. The normalized spacial score (nSPS) is 38.8. The molecule has 90 valence electrons. The molecule has 0 bridgehead atoms. The predicted octanol–water partition coefficient (Wildman–Crippen LogP) is 2.49. The smallest absolute Gasteiger partial charge is 0.306 e. The molecule has 3 nitrogen and oxygen atoms in total. The van der Waals surface area contributed by atoms with Crippen molar-refractivity contribution in [2.45, 2.75) is 45.4 Å². The molecule has 2 aliphatic carbocycles. The predicted molar refractivity (Wildman–Crippen MR) is 60.0 cm³/mol. The van der Waals surface area contributed by atoms with Gasteiger partial charge < -0.3 is 5.11 Å². The SMILES string of the molecule is CC(=O)[C@@H]1CCCC2C1CCC[C@H]2C(=O)O. The van der Waals surface area contributed by atoms with E-state index in [1.165, 1.54) is 0 Å². The molecule has 0 aromatic carbocycles. The van der Waals surface area contributed by atoms with E-state index < -0.39 is 5.97 Å². The van der Waals surface area contributed by atoms with Crippen LogP contribution in [-0.2, 0) is 9.59 Å². The van der Waals surface area contributed by atoms with Crippen LogP contribution < -0.4 is 0 Å². The zero-order chi connectivity index (χ0) is 11.7. The number of rotatable bonds is 2. The van der Waals surface area contributed by atoms with E-state index in [0.717, 1.165) is 38.5 Å². The van der Waals surface area contributed by atoms with E-state index in [2.05, 4.69) is 0 Å². The fourth-order valence-corrected chi connectivity index (χ4v) is 3.81. The van der Waals surface area contributed by atoms with Gasteiger partial charge in [0.15, 0.2) is 0 Å². The van der Waals surface area contributed by atoms with Gasteiger partial charge in [-0.15, -0.1) is 0 Å². The number of hydrogen-bond donors (Lipinski definition) is 1. The Balaban J connectivity index is 2.17. The van der Waals surface area contributed by atoms with E-state index in [4.69, 9.17) is 0 Å². The van der Waals surface area contributed by atoms with Crippen LogP contribution in [0.4, 0.5) is 0 Å². The Morgan fingerprint density at radius 3 is 1.94 bits per heavy atom. The van der Waals surface area contributed by atoms with Crippen molar-refractivity contribution in [2.24, 2.45) is 23.7 Å². The second kappa shape index (κ2) is 4.56. The molecule has 0 aliphatic heterocycles. The van der Waals surface area contributed by atoms with Crippen LogP contribution in [0.1, 0.15) is 45.4 Å². The minimum Gasteiger partial charge on any atom is -0.481 e. The molecular weight excluding hydrogens is 204 g/mol. The number of carboxylic acid groups (broad SMARTS) is 1. The highest BCUT2D eigenvalue weighted by atomic mass is 16.4. The van der Waals surface area contributed by atoms with Crippen LogP contribution in [-0.4, -0.2) is 16.9 Å². The largest absolute Gasteiger partial charge is 0.481 e. The molecule has 2 unspecified atom stereocenters. The van der Waals surface area contributed by atoms with Gasteiger partial charge in [0.1, 0.15) is 5.78 Å². The lowest BCUT2D eigenvalue weighted by atomic mass is 9.60. The van der Waals surface area contributed by atoms with Gasteiger partial charge in [0, 0.05) is 5.92 Å². The Morgan fingerprint density at radius 1 is 0.938 bits per heavy atom. The Bertz CT molecular complexity index is 268. The molecule has 4 atom stereocenters. The number of carboxylic acids is 1. The minimum absolute atomic E-state index is 0.140. The first kappa shape index (κ1) is 11.6. The van der Waals surface area contributed by atoms with E-state index >= 15 is 0 Å². The molecule has 2 saturated carbocycles. The third-order valence-electron chi connectivity index (χ3n) is 4.53. The summed E-state index contributed by atoms with van der Waals surface area (Å²) in [6, 6.07) is 0. The Hall–Kier alpha value is -0.860. The van der Waals surface area contributed by atoms with Crippen LogP contribution >= 0.6 is 0 Å². The van der Waals surface area contributed by atoms with Crippen molar-refractivity contribution < 1.29 is 14.7 Å². The van der Waals surface area contributed by atoms with Gasteiger partial charge >= 0.3 is 5.97 Å². The molecule has 0 radical (unpaired) electrons. The van der Waals surface area contributed by atoms with Crippen molar-refractivity contribution in [3.8, 4) is 0 Å². The van der Waals surface area contributed by atoms with Crippen LogP contribution in [0.3, 0.4) is 0 Å². The van der Waals surface area contributed by atoms with E-state index in [1.807, 2.05) is 0 Å². The first-order valence-electron chi connectivity index (χ1n) is 6.34. The van der Waals surface area contributed by atoms with E-state index in [9.17, 15) is 14.7 Å². The molecule has 0 saturated heterocycles. The highest BCUT2D eigenvalue weighted by Gasteiger charge is 2.43. The number of aliphatic carboxylic acids is 1. The van der Waals surface area contributed by atoms with Gasteiger partial charge in [-0.2, -0.15) is 0 Å². The summed E-state index contributed by atoms with van der Waals surface area (Å²) in [5.74, 6) is 0.163. The Labute approximate surface area is 96.2 Å². The standard InChI is InChI=1S/C13H20O3/c1-8(14)9-4-2-6-11-10(9)5-3-7-12(11)13(15)16/h9-12H,2-7H2,1H3,(H,15,16)/t9-,10?,11?,12+/m0/s1. The molecule has 2 rings (SSSR count). The van der Waals surface area contributed by atoms with Crippen molar-refractivity contribution in [1.82, 2.24) is 0 Å². The highest BCUT2D eigenvalue weighted by molar-refractivity contribution is 5.79. The third-order valence-corrected chi connectivity index (χ3v) is 4.53. The highest BCUT2D eigenvalue weighted by Crippen LogP contribution is 2.46. The van der Waals surface area contributed by atoms with E-state index in [1.54, 1.807) is 6.92 Å². The second-order valence-electron chi connectivity index (χ2n) is 5.35. The molecule has 1 N–H and O–H groups in total. The van der Waals surface area contributed by atoms with Crippen LogP contribution in [0.15, 0.2) is 0 Å².